The van der Waals surface area contributed by atoms with Crippen molar-refractivity contribution in [1.82, 2.24) is 0 Å². The molecule has 8 heteroatoms. The lowest BCUT2D eigenvalue weighted by molar-refractivity contribution is -0.137. The molecule has 122 valence electrons. The van der Waals surface area contributed by atoms with Gasteiger partial charge in [-0.05, 0) is 42.5 Å². The van der Waals surface area contributed by atoms with E-state index in [2.05, 4.69) is 5.32 Å². The van der Waals surface area contributed by atoms with Gasteiger partial charge >= 0.3 is 6.18 Å². The summed E-state index contributed by atoms with van der Waals surface area (Å²) in [5.74, 6) is -0.546. The predicted octanol–water partition coefficient (Wildman–Crippen LogP) is 4.80. The molecule has 0 atom stereocenters. The van der Waals surface area contributed by atoms with E-state index in [-0.39, 0.29) is 22.2 Å². The van der Waals surface area contributed by atoms with Crippen molar-refractivity contribution in [3.05, 3.63) is 53.1 Å². The molecule has 1 amide bonds. The molecule has 0 saturated carbocycles. The largest absolute Gasteiger partial charge is 0.508 e. The van der Waals surface area contributed by atoms with Crippen LogP contribution in [0.5, 0.6) is 5.75 Å². The number of carbonyl (C=O) groups excluding carboxylic acids is 1. The number of carbonyl (C=O) groups is 1. The van der Waals surface area contributed by atoms with Gasteiger partial charge in [0, 0.05) is 9.92 Å². The van der Waals surface area contributed by atoms with Gasteiger partial charge in [0.15, 0.2) is 0 Å². The van der Waals surface area contributed by atoms with E-state index >= 15 is 0 Å². The fraction of sp³-hybridized carbons (Fsp3) is 0.133. The quantitative estimate of drug-likeness (QED) is 0.769. The van der Waals surface area contributed by atoms with Crippen LogP contribution in [-0.2, 0) is 11.0 Å². The number of nitrogens with one attached hydrogen (secondary N) is 1. The molecule has 0 aliphatic rings. The third kappa shape index (κ3) is 5.07. The molecule has 0 bridgehead atoms. The average Bonchev–Trinajstić information content (AvgIpc) is 2.47. The normalized spacial score (nSPS) is 11.3. The third-order valence-electron chi connectivity index (χ3n) is 2.77. The van der Waals surface area contributed by atoms with Crippen LogP contribution in [0.15, 0.2) is 47.4 Å². The van der Waals surface area contributed by atoms with Crippen LogP contribution in [0.2, 0.25) is 5.02 Å². The molecular formula is C15H11ClF3NO2S. The maximum atomic E-state index is 12.9. The van der Waals surface area contributed by atoms with Crippen molar-refractivity contribution in [2.45, 2.75) is 11.1 Å². The summed E-state index contributed by atoms with van der Waals surface area (Å²) in [4.78, 5) is 12.5. The molecule has 0 unspecified atom stereocenters. The SMILES string of the molecule is O=C(CSc1ccc(O)cc1)Nc1ccc(Cl)cc1C(F)(F)F. The van der Waals surface area contributed by atoms with Crippen molar-refractivity contribution in [2.24, 2.45) is 0 Å². The van der Waals surface area contributed by atoms with Gasteiger partial charge in [0.05, 0.1) is 17.0 Å². The van der Waals surface area contributed by atoms with Crippen molar-refractivity contribution >= 4 is 35.0 Å². The Hall–Kier alpha value is -1.86. The van der Waals surface area contributed by atoms with Crippen LogP contribution >= 0.6 is 23.4 Å². The van der Waals surface area contributed by atoms with E-state index in [1.54, 1.807) is 12.1 Å². The first kappa shape index (κ1) is 17.5. The van der Waals surface area contributed by atoms with E-state index in [1.165, 1.54) is 18.2 Å². The summed E-state index contributed by atoms with van der Waals surface area (Å²) in [6.45, 7) is 0. The minimum atomic E-state index is -4.61. The number of aromatic hydroxyl groups is 1. The Labute approximate surface area is 139 Å². The van der Waals surface area contributed by atoms with Gasteiger partial charge in [0.2, 0.25) is 5.91 Å². The molecule has 2 aromatic carbocycles. The molecular weight excluding hydrogens is 351 g/mol. The molecule has 0 aliphatic carbocycles. The Morgan fingerprint density at radius 3 is 2.43 bits per heavy atom. The van der Waals surface area contributed by atoms with E-state index in [9.17, 15) is 18.0 Å². The lowest BCUT2D eigenvalue weighted by Crippen LogP contribution is -2.18. The molecule has 2 N–H and O–H groups in total. The van der Waals surface area contributed by atoms with Gasteiger partial charge < -0.3 is 10.4 Å². The summed E-state index contributed by atoms with van der Waals surface area (Å²) < 4.78 is 38.8. The lowest BCUT2D eigenvalue weighted by Gasteiger charge is -2.14. The fourth-order valence-corrected chi connectivity index (χ4v) is 2.61. The Morgan fingerprint density at radius 2 is 1.83 bits per heavy atom. The Bertz CT molecular complexity index is 705. The van der Waals surface area contributed by atoms with Gasteiger partial charge in [-0.25, -0.2) is 0 Å². The first-order valence-electron chi connectivity index (χ1n) is 6.34. The Balaban J connectivity index is 2.04. The van der Waals surface area contributed by atoms with Crippen LogP contribution in [0.1, 0.15) is 5.56 Å². The van der Waals surface area contributed by atoms with Crippen molar-refractivity contribution in [1.29, 1.82) is 0 Å². The molecule has 0 heterocycles. The molecule has 0 saturated heterocycles. The minimum absolute atomic E-state index is 0.0613. The zero-order valence-corrected chi connectivity index (χ0v) is 13.1. The van der Waals surface area contributed by atoms with E-state index in [1.807, 2.05) is 0 Å². The summed E-state index contributed by atoms with van der Waals surface area (Å²) >= 11 is 6.72. The second kappa shape index (κ2) is 7.14. The Kier molecular flexibility index (Phi) is 5.43. The van der Waals surface area contributed by atoms with Crippen LogP contribution in [-0.4, -0.2) is 16.8 Å². The van der Waals surface area contributed by atoms with Gasteiger partial charge in [-0.15, -0.1) is 11.8 Å². The molecule has 0 aliphatic heterocycles. The number of amides is 1. The number of phenolic OH excluding ortho intramolecular Hbond substituents is 1. The van der Waals surface area contributed by atoms with Gasteiger partial charge in [-0.3, -0.25) is 4.79 Å². The van der Waals surface area contributed by atoms with Gasteiger partial charge in [-0.2, -0.15) is 13.2 Å². The number of halogens is 4. The molecule has 0 spiro atoms. The first-order valence-corrected chi connectivity index (χ1v) is 7.70. The molecule has 2 rings (SSSR count). The number of phenols is 1. The highest BCUT2D eigenvalue weighted by Gasteiger charge is 2.34. The summed E-state index contributed by atoms with van der Waals surface area (Å²) in [6.07, 6.45) is -4.61. The number of anilines is 1. The number of thioether (sulfide) groups is 1. The smallest absolute Gasteiger partial charge is 0.418 e. The number of rotatable bonds is 4. The number of benzene rings is 2. The standard InChI is InChI=1S/C15H11ClF3NO2S/c16-9-1-6-13(12(7-9)15(17,18)19)20-14(22)8-23-11-4-2-10(21)3-5-11/h1-7,21H,8H2,(H,20,22). The zero-order valence-electron chi connectivity index (χ0n) is 11.5. The highest BCUT2D eigenvalue weighted by Crippen LogP contribution is 2.36. The molecule has 2 aromatic rings. The van der Waals surface area contributed by atoms with E-state index < -0.39 is 17.6 Å². The van der Waals surface area contributed by atoms with Crippen molar-refractivity contribution < 1.29 is 23.1 Å². The topological polar surface area (TPSA) is 49.3 Å². The maximum absolute atomic E-state index is 12.9. The average molecular weight is 362 g/mol. The molecule has 3 nitrogen and oxygen atoms in total. The number of hydrogen-bond acceptors (Lipinski definition) is 3. The highest BCUT2D eigenvalue weighted by atomic mass is 35.5. The first-order chi connectivity index (χ1) is 10.8. The van der Waals surface area contributed by atoms with Crippen LogP contribution in [0.4, 0.5) is 18.9 Å². The monoisotopic (exact) mass is 361 g/mol. The summed E-state index contributed by atoms with van der Waals surface area (Å²) in [6, 6.07) is 9.30. The van der Waals surface area contributed by atoms with Crippen molar-refractivity contribution in [2.75, 3.05) is 11.1 Å². The predicted molar refractivity (Wildman–Crippen MR) is 83.9 cm³/mol. The zero-order chi connectivity index (χ0) is 17.0. The number of hydrogen-bond donors (Lipinski definition) is 2. The molecule has 0 aromatic heterocycles. The summed E-state index contributed by atoms with van der Waals surface area (Å²) in [5, 5.41) is 11.3. The van der Waals surface area contributed by atoms with Crippen molar-refractivity contribution in [3.63, 3.8) is 0 Å². The molecule has 0 radical (unpaired) electrons. The maximum Gasteiger partial charge on any atom is 0.418 e. The second-order valence-electron chi connectivity index (χ2n) is 4.52. The van der Waals surface area contributed by atoms with Crippen LogP contribution in [0, 0.1) is 0 Å². The van der Waals surface area contributed by atoms with Gasteiger partial charge in [0.25, 0.3) is 0 Å². The van der Waals surface area contributed by atoms with E-state index in [0.717, 1.165) is 23.9 Å². The van der Waals surface area contributed by atoms with Gasteiger partial charge in [-0.1, -0.05) is 11.6 Å². The van der Waals surface area contributed by atoms with Gasteiger partial charge in [0.1, 0.15) is 5.75 Å². The van der Waals surface area contributed by atoms with E-state index in [0.29, 0.717) is 4.90 Å². The summed E-state index contributed by atoms with van der Waals surface area (Å²) in [7, 11) is 0. The second-order valence-corrected chi connectivity index (χ2v) is 6.00. The Morgan fingerprint density at radius 1 is 1.17 bits per heavy atom. The number of alkyl halides is 3. The fourth-order valence-electron chi connectivity index (χ4n) is 1.74. The van der Waals surface area contributed by atoms with Crippen LogP contribution in [0.25, 0.3) is 0 Å². The minimum Gasteiger partial charge on any atom is -0.508 e. The lowest BCUT2D eigenvalue weighted by atomic mass is 10.1. The third-order valence-corrected chi connectivity index (χ3v) is 4.01. The van der Waals surface area contributed by atoms with Crippen molar-refractivity contribution in [3.8, 4) is 5.75 Å². The van der Waals surface area contributed by atoms with E-state index in [4.69, 9.17) is 16.7 Å². The summed E-state index contributed by atoms with van der Waals surface area (Å²) in [5.41, 5.74) is -1.33. The van der Waals surface area contributed by atoms with Crippen LogP contribution in [0.3, 0.4) is 0 Å². The molecule has 23 heavy (non-hydrogen) atoms. The van der Waals surface area contributed by atoms with Crippen LogP contribution < -0.4 is 5.32 Å². The highest BCUT2D eigenvalue weighted by molar-refractivity contribution is 8.00. The molecule has 0 fully saturated rings.